The smallest absolute Gasteiger partial charge is 0.408 e. The maximum atomic E-state index is 11.1. The van der Waals surface area contributed by atoms with Crippen molar-refractivity contribution in [1.82, 2.24) is 20.1 Å². The summed E-state index contributed by atoms with van der Waals surface area (Å²) in [5.41, 5.74) is 4.11. The Balaban J connectivity index is 2.07. The van der Waals surface area contributed by atoms with Crippen LogP contribution in [0, 0.1) is 0 Å². The first kappa shape index (κ1) is 11.7. The maximum Gasteiger partial charge on any atom is 0.417 e. The van der Waals surface area contributed by atoms with Crippen molar-refractivity contribution in [2.75, 3.05) is 7.05 Å². The van der Waals surface area contributed by atoms with Gasteiger partial charge in [-0.05, 0) is 25.2 Å². The van der Waals surface area contributed by atoms with Crippen molar-refractivity contribution in [3.8, 4) is 11.3 Å². The summed E-state index contributed by atoms with van der Waals surface area (Å²) >= 11 is 0. The minimum absolute atomic E-state index is 0.441. The molecule has 2 N–H and O–H groups in total. The quantitative estimate of drug-likeness (QED) is 0.741. The largest absolute Gasteiger partial charge is 0.417 e. The third kappa shape index (κ3) is 2.06. The minimum Gasteiger partial charge on any atom is -0.408 e. The van der Waals surface area contributed by atoms with Gasteiger partial charge in [-0.3, -0.25) is 9.67 Å². The minimum atomic E-state index is -0.441. The summed E-state index contributed by atoms with van der Waals surface area (Å²) in [5.74, 6) is -0.441. The predicted octanol–water partition coefficient (Wildman–Crippen LogP) is 1.24. The molecule has 0 unspecified atom stereocenters. The molecule has 1 aromatic carbocycles. The highest BCUT2D eigenvalue weighted by Crippen LogP contribution is 2.22. The van der Waals surface area contributed by atoms with Crippen LogP contribution in [0.3, 0.4) is 0 Å². The zero-order valence-corrected chi connectivity index (χ0v) is 10.7. The zero-order chi connectivity index (χ0) is 13.4. The Morgan fingerprint density at radius 3 is 3.05 bits per heavy atom. The fourth-order valence-electron chi connectivity index (χ4n) is 2.10. The molecule has 0 fully saturated rings. The number of hydrogen-bond acceptors (Lipinski definition) is 4. The Hall–Kier alpha value is -2.34. The summed E-state index contributed by atoms with van der Waals surface area (Å²) in [4.78, 5) is 13.7. The number of hydrogen-bond donors (Lipinski definition) is 2. The van der Waals surface area contributed by atoms with E-state index < -0.39 is 5.76 Å². The normalized spacial score (nSPS) is 11.3. The Bertz CT molecular complexity index is 781. The molecule has 0 saturated carbocycles. The number of benzene rings is 1. The Labute approximate surface area is 109 Å². The van der Waals surface area contributed by atoms with E-state index in [9.17, 15) is 4.79 Å². The van der Waals surface area contributed by atoms with Gasteiger partial charge in [-0.1, -0.05) is 6.07 Å². The van der Waals surface area contributed by atoms with Crippen LogP contribution in [0.5, 0.6) is 0 Å². The van der Waals surface area contributed by atoms with E-state index in [1.54, 1.807) is 0 Å². The molecule has 0 spiro atoms. The summed E-state index contributed by atoms with van der Waals surface area (Å²) in [6.07, 6.45) is 0. The van der Waals surface area contributed by atoms with E-state index >= 15 is 0 Å². The van der Waals surface area contributed by atoms with Crippen LogP contribution in [-0.4, -0.2) is 21.8 Å². The molecular formula is C13H14N4O2. The molecule has 0 aliphatic heterocycles. The van der Waals surface area contributed by atoms with Gasteiger partial charge in [0.1, 0.15) is 0 Å². The Morgan fingerprint density at radius 1 is 1.42 bits per heavy atom. The monoisotopic (exact) mass is 258 g/mol. The van der Waals surface area contributed by atoms with Crippen LogP contribution in [-0.2, 0) is 13.6 Å². The number of aromatic nitrogens is 3. The van der Waals surface area contributed by atoms with Gasteiger partial charge in [-0.2, -0.15) is 5.10 Å². The molecule has 6 heteroatoms. The molecule has 2 heterocycles. The van der Waals surface area contributed by atoms with Gasteiger partial charge in [0.25, 0.3) is 0 Å². The summed E-state index contributed by atoms with van der Waals surface area (Å²) in [6.45, 7) is 0.755. The number of fused-ring (bicyclic) bond motifs is 1. The predicted molar refractivity (Wildman–Crippen MR) is 71.8 cm³/mol. The van der Waals surface area contributed by atoms with E-state index in [1.807, 2.05) is 43.0 Å². The number of nitrogens with one attached hydrogen (secondary N) is 2. The van der Waals surface area contributed by atoms with Crippen molar-refractivity contribution in [1.29, 1.82) is 0 Å². The van der Waals surface area contributed by atoms with Crippen molar-refractivity contribution in [3.05, 3.63) is 40.5 Å². The number of nitrogens with zero attached hydrogens (tertiary/aromatic N) is 2. The van der Waals surface area contributed by atoms with E-state index in [1.165, 1.54) is 0 Å². The van der Waals surface area contributed by atoms with Crippen molar-refractivity contribution in [2.45, 2.75) is 6.54 Å². The van der Waals surface area contributed by atoms with Gasteiger partial charge in [-0.25, -0.2) is 4.79 Å². The van der Waals surface area contributed by atoms with Gasteiger partial charge < -0.3 is 9.73 Å². The van der Waals surface area contributed by atoms with E-state index in [0.717, 1.165) is 23.5 Å². The van der Waals surface area contributed by atoms with Crippen LogP contribution >= 0.6 is 0 Å². The van der Waals surface area contributed by atoms with Gasteiger partial charge in [0.05, 0.1) is 16.9 Å². The van der Waals surface area contributed by atoms with Gasteiger partial charge in [0.2, 0.25) is 0 Å². The molecular weight excluding hydrogens is 244 g/mol. The molecule has 0 aliphatic carbocycles. The molecule has 0 radical (unpaired) electrons. The van der Waals surface area contributed by atoms with Crippen LogP contribution in [0.1, 0.15) is 5.69 Å². The lowest BCUT2D eigenvalue weighted by molar-refractivity contribution is 0.555. The number of aryl methyl sites for hydroxylation is 1. The molecule has 0 saturated heterocycles. The number of H-pyrrole nitrogens is 1. The number of rotatable bonds is 3. The highest BCUT2D eigenvalue weighted by atomic mass is 16.4. The van der Waals surface area contributed by atoms with Crippen molar-refractivity contribution < 1.29 is 4.42 Å². The molecule has 0 aliphatic rings. The lowest BCUT2D eigenvalue weighted by atomic mass is 10.1. The first-order chi connectivity index (χ1) is 9.17. The van der Waals surface area contributed by atoms with Crippen LogP contribution in [0.15, 0.2) is 33.5 Å². The van der Waals surface area contributed by atoms with Crippen molar-refractivity contribution >= 4 is 11.1 Å². The first-order valence-electron chi connectivity index (χ1n) is 5.98. The van der Waals surface area contributed by atoms with Gasteiger partial charge >= 0.3 is 5.76 Å². The third-order valence-electron chi connectivity index (χ3n) is 3.05. The fraction of sp³-hybridized carbons (Fsp3) is 0.231. The number of oxazole rings is 1. The van der Waals surface area contributed by atoms with E-state index in [2.05, 4.69) is 15.4 Å². The Morgan fingerprint density at radius 2 is 2.26 bits per heavy atom. The van der Waals surface area contributed by atoms with Crippen molar-refractivity contribution in [2.24, 2.45) is 7.05 Å². The molecule has 0 amide bonds. The highest BCUT2D eigenvalue weighted by molar-refractivity contribution is 5.78. The lowest BCUT2D eigenvalue weighted by Gasteiger charge is -1.97. The topological polar surface area (TPSA) is 75.8 Å². The van der Waals surface area contributed by atoms with Crippen LogP contribution in [0.2, 0.25) is 0 Å². The molecule has 3 rings (SSSR count). The molecule has 2 aromatic heterocycles. The summed E-state index contributed by atoms with van der Waals surface area (Å²) in [7, 11) is 3.80. The molecule has 0 bridgehead atoms. The lowest BCUT2D eigenvalue weighted by Crippen LogP contribution is -2.09. The van der Waals surface area contributed by atoms with Gasteiger partial charge in [0, 0.05) is 19.2 Å². The van der Waals surface area contributed by atoms with Gasteiger partial charge in [0.15, 0.2) is 5.58 Å². The van der Waals surface area contributed by atoms with E-state index in [4.69, 9.17) is 4.42 Å². The maximum absolute atomic E-state index is 11.1. The second-order valence-electron chi connectivity index (χ2n) is 4.40. The van der Waals surface area contributed by atoms with E-state index in [-0.39, 0.29) is 0 Å². The molecule has 0 atom stereocenters. The fourth-order valence-corrected chi connectivity index (χ4v) is 2.10. The average Bonchev–Trinajstić information content (AvgIpc) is 2.91. The second-order valence-corrected chi connectivity index (χ2v) is 4.40. The highest BCUT2D eigenvalue weighted by Gasteiger charge is 2.09. The summed E-state index contributed by atoms with van der Waals surface area (Å²) in [6, 6.07) is 7.57. The van der Waals surface area contributed by atoms with Gasteiger partial charge in [-0.15, -0.1) is 0 Å². The molecule has 6 nitrogen and oxygen atoms in total. The zero-order valence-electron chi connectivity index (χ0n) is 10.7. The number of aromatic amines is 1. The SMILES string of the molecule is CNCc1cc(-c2ccc3[nH]c(=O)oc3c2)nn1C. The van der Waals surface area contributed by atoms with Crippen LogP contribution in [0.4, 0.5) is 0 Å². The van der Waals surface area contributed by atoms with Crippen LogP contribution < -0.4 is 11.1 Å². The molecule has 19 heavy (non-hydrogen) atoms. The summed E-state index contributed by atoms with van der Waals surface area (Å²) < 4.78 is 6.89. The molecule has 98 valence electrons. The second kappa shape index (κ2) is 4.40. The molecule has 3 aromatic rings. The first-order valence-corrected chi connectivity index (χ1v) is 5.98. The third-order valence-corrected chi connectivity index (χ3v) is 3.05. The van der Waals surface area contributed by atoms with E-state index in [0.29, 0.717) is 11.1 Å². The average molecular weight is 258 g/mol. The standard InChI is InChI=1S/C13H14N4O2/c1-14-7-9-6-11(16-17(9)2)8-3-4-10-12(5-8)19-13(18)15-10/h3-6,14H,7H2,1-2H3,(H,15,18). The Kier molecular flexibility index (Phi) is 2.72. The van der Waals surface area contributed by atoms with Crippen molar-refractivity contribution in [3.63, 3.8) is 0 Å². The summed E-state index contributed by atoms with van der Waals surface area (Å²) in [5, 5.41) is 7.56. The van der Waals surface area contributed by atoms with Crippen LogP contribution in [0.25, 0.3) is 22.4 Å².